The van der Waals surface area contributed by atoms with Gasteiger partial charge in [0.25, 0.3) is 11.1 Å². The summed E-state index contributed by atoms with van der Waals surface area (Å²) in [6.07, 6.45) is 1.56. The van der Waals surface area contributed by atoms with E-state index in [1.165, 1.54) is 24.3 Å². The van der Waals surface area contributed by atoms with Gasteiger partial charge in [-0.15, -0.1) is 0 Å². The van der Waals surface area contributed by atoms with Crippen molar-refractivity contribution in [3.8, 4) is 0 Å². The van der Waals surface area contributed by atoms with Crippen LogP contribution in [0, 0.1) is 0 Å². The smallest absolute Gasteiger partial charge is 0.335 e. The largest absolute Gasteiger partial charge is 0.478 e. The molecule has 1 saturated heterocycles. The summed E-state index contributed by atoms with van der Waals surface area (Å²) in [6.45, 7) is -0.441. The van der Waals surface area contributed by atoms with E-state index in [0.29, 0.717) is 16.3 Å². The van der Waals surface area contributed by atoms with Crippen LogP contribution in [-0.4, -0.2) is 39.6 Å². The molecule has 142 valence electrons. The van der Waals surface area contributed by atoms with Crippen LogP contribution in [0.4, 0.5) is 10.5 Å². The Bertz CT molecular complexity index is 986. The number of benzene rings is 2. The zero-order valence-corrected chi connectivity index (χ0v) is 15.8. The van der Waals surface area contributed by atoms with Crippen molar-refractivity contribution in [2.45, 2.75) is 0 Å². The van der Waals surface area contributed by atoms with Crippen molar-refractivity contribution in [1.82, 2.24) is 4.90 Å². The van der Waals surface area contributed by atoms with Gasteiger partial charge in [-0.3, -0.25) is 19.3 Å². The molecule has 1 aliphatic heterocycles. The fourth-order valence-corrected chi connectivity index (χ4v) is 3.35. The molecular weight excluding hydrogens is 404 g/mol. The number of nitrogens with one attached hydrogen (secondary N) is 1. The molecule has 9 heteroatoms. The van der Waals surface area contributed by atoms with Gasteiger partial charge >= 0.3 is 5.97 Å². The molecule has 0 spiro atoms. The first kappa shape index (κ1) is 19.7. The van der Waals surface area contributed by atoms with Crippen LogP contribution in [0.2, 0.25) is 5.02 Å². The zero-order valence-electron chi connectivity index (χ0n) is 14.2. The molecule has 0 bridgehead atoms. The number of rotatable bonds is 5. The number of anilines is 1. The van der Waals surface area contributed by atoms with Gasteiger partial charge in [0.1, 0.15) is 6.54 Å². The van der Waals surface area contributed by atoms with Gasteiger partial charge in [0.15, 0.2) is 0 Å². The molecule has 7 nitrogen and oxygen atoms in total. The molecule has 0 atom stereocenters. The maximum absolute atomic E-state index is 12.4. The number of imide groups is 1. The predicted molar refractivity (Wildman–Crippen MR) is 106 cm³/mol. The Labute approximate surface area is 169 Å². The van der Waals surface area contributed by atoms with Crippen LogP contribution in [0.3, 0.4) is 0 Å². The van der Waals surface area contributed by atoms with Crippen LogP contribution >= 0.6 is 23.4 Å². The van der Waals surface area contributed by atoms with Gasteiger partial charge in [0, 0.05) is 10.7 Å². The molecule has 0 radical (unpaired) electrons. The number of carbonyl (C=O) groups is 4. The number of amides is 3. The standard InChI is InChI=1S/C19H13ClN2O5S/c20-13-5-1-11(2-6-13)9-15-17(24)22(19(27)28-15)10-16(23)21-14-7-3-12(4-8-14)18(25)26/h1-9H,10H2,(H,21,23)(H,25,26). The van der Waals surface area contributed by atoms with E-state index >= 15 is 0 Å². The summed E-state index contributed by atoms with van der Waals surface area (Å²) in [5.41, 5.74) is 1.15. The lowest BCUT2D eigenvalue weighted by atomic mass is 10.2. The van der Waals surface area contributed by atoms with Gasteiger partial charge < -0.3 is 10.4 Å². The highest BCUT2D eigenvalue weighted by atomic mass is 35.5. The second-order valence-corrected chi connectivity index (χ2v) is 7.18. The minimum absolute atomic E-state index is 0.0799. The van der Waals surface area contributed by atoms with Gasteiger partial charge in [-0.1, -0.05) is 23.7 Å². The van der Waals surface area contributed by atoms with Gasteiger partial charge in [0.05, 0.1) is 10.5 Å². The van der Waals surface area contributed by atoms with Crippen LogP contribution in [-0.2, 0) is 9.59 Å². The fraction of sp³-hybridized carbons (Fsp3) is 0.0526. The average molecular weight is 417 g/mol. The maximum Gasteiger partial charge on any atom is 0.335 e. The van der Waals surface area contributed by atoms with Crippen molar-refractivity contribution < 1.29 is 24.3 Å². The third-order valence-corrected chi connectivity index (χ3v) is 4.92. The van der Waals surface area contributed by atoms with Crippen LogP contribution in [0.25, 0.3) is 6.08 Å². The molecule has 0 saturated carbocycles. The first-order valence-corrected chi connectivity index (χ1v) is 9.17. The van der Waals surface area contributed by atoms with E-state index in [4.69, 9.17) is 16.7 Å². The fourth-order valence-electron chi connectivity index (χ4n) is 2.39. The Hall–Kier alpha value is -3.10. The molecular formula is C19H13ClN2O5S. The number of carbonyl (C=O) groups excluding carboxylic acids is 3. The van der Waals surface area contributed by atoms with Gasteiger partial charge in [-0.2, -0.15) is 0 Å². The molecule has 2 N–H and O–H groups in total. The van der Waals surface area contributed by atoms with Crippen molar-refractivity contribution in [3.63, 3.8) is 0 Å². The van der Waals surface area contributed by atoms with E-state index in [1.54, 1.807) is 30.3 Å². The van der Waals surface area contributed by atoms with Crippen molar-refractivity contribution in [2.75, 3.05) is 11.9 Å². The summed E-state index contributed by atoms with van der Waals surface area (Å²) in [5.74, 6) is -2.21. The topological polar surface area (TPSA) is 104 Å². The van der Waals surface area contributed by atoms with E-state index in [9.17, 15) is 19.2 Å². The quantitative estimate of drug-likeness (QED) is 0.720. The number of carboxylic acid groups (broad SMARTS) is 1. The number of nitrogens with zero attached hydrogens (tertiary/aromatic N) is 1. The van der Waals surface area contributed by atoms with Crippen molar-refractivity contribution in [2.24, 2.45) is 0 Å². The number of thioether (sulfide) groups is 1. The zero-order chi connectivity index (χ0) is 20.3. The van der Waals surface area contributed by atoms with Gasteiger partial charge in [0.2, 0.25) is 5.91 Å². The lowest BCUT2D eigenvalue weighted by Crippen LogP contribution is -2.36. The Balaban J connectivity index is 1.65. The normalized spacial score (nSPS) is 15.2. The molecule has 0 aromatic heterocycles. The molecule has 0 aliphatic carbocycles. The van der Waals surface area contributed by atoms with E-state index in [-0.39, 0.29) is 10.5 Å². The minimum atomic E-state index is -1.08. The monoisotopic (exact) mass is 416 g/mol. The molecule has 1 fully saturated rings. The summed E-state index contributed by atoms with van der Waals surface area (Å²) in [7, 11) is 0. The molecule has 1 heterocycles. The highest BCUT2D eigenvalue weighted by Gasteiger charge is 2.36. The Morgan fingerprint density at radius 2 is 1.71 bits per heavy atom. The van der Waals surface area contributed by atoms with E-state index < -0.39 is 29.6 Å². The highest BCUT2D eigenvalue weighted by molar-refractivity contribution is 8.18. The Kier molecular flexibility index (Phi) is 5.81. The third-order valence-electron chi connectivity index (χ3n) is 3.76. The summed E-state index contributed by atoms with van der Waals surface area (Å²) in [5, 5.41) is 11.4. The number of hydrogen-bond acceptors (Lipinski definition) is 5. The molecule has 1 aliphatic rings. The Morgan fingerprint density at radius 3 is 2.32 bits per heavy atom. The van der Waals surface area contributed by atoms with Crippen molar-refractivity contribution in [3.05, 3.63) is 69.6 Å². The average Bonchev–Trinajstić information content (AvgIpc) is 2.91. The molecule has 3 amide bonds. The summed E-state index contributed by atoms with van der Waals surface area (Å²) < 4.78 is 0. The lowest BCUT2D eigenvalue weighted by Gasteiger charge is -2.12. The van der Waals surface area contributed by atoms with Gasteiger partial charge in [-0.25, -0.2) is 4.79 Å². The second-order valence-electron chi connectivity index (χ2n) is 5.75. The van der Waals surface area contributed by atoms with Crippen LogP contribution in [0.5, 0.6) is 0 Å². The highest BCUT2D eigenvalue weighted by Crippen LogP contribution is 2.32. The van der Waals surface area contributed by atoms with Crippen molar-refractivity contribution >= 4 is 58.1 Å². The van der Waals surface area contributed by atoms with Crippen LogP contribution in [0.1, 0.15) is 15.9 Å². The van der Waals surface area contributed by atoms with E-state index in [0.717, 1.165) is 16.7 Å². The van der Waals surface area contributed by atoms with Crippen molar-refractivity contribution in [1.29, 1.82) is 0 Å². The second kappa shape index (κ2) is 8.28. The SMILES string of the molecule is O=C(CN1C(=O)SC(=Cc2ccc(Cl)cc2)C1=O)Nc1ccc(C(=O)O)cc1. The van der Waals surface area contributed by atoms with E-state index in [1.807, 2.05) is 0 Å². The summed E-state index contributed by atoms with van der Waals surface area (Å²) in [6, 6.07) is 12.3. The predicted octanol–water partition coefficient (Wildman–Crippen LogP) is 3.71. The Morgan fingerprint density at radius 1 is 1.07 bits per heavy atom. The lowest BCUT2D eigenvalue weighted by molar-refractivity contribution is -0.127. The van der Waals surface area contributed by atoms with Crippen LogP contribution < -0.4 is 5.32 Å². The number of halogens is 1. The number of aromatic carboxylic acids is 1. The van der Waals surface area contributed by atoms with Gasteiger partial charge in [-0.05, 0) is 59.8 Å². The minimum Gasteiger partial charge on any atom is -0.478 e. The molecule has 28 heavy (non-hydrogen) atoms. The first-order valence-electron chi connectivity index (χ1n) is 7.97. The summed E-state index contributed by atoms with van der Waals surface area (Å²) in [4.78, 5) is 48.6. The maximum atomic E-state index is 12.4. The number of carboxylic acids is 1. The molecule has 0 unspecified atom stereocenters. The van der Waals surface area contributed by atoms with Crippen LogP contribution in [0.15, 0.2) is 53.4 Å². The summed E-state index contributed by atoms with van der Waals surface area (Å²) >= 11 is 6.58. The first-order chi connectivity index (χ1) is 13.3. The van der Waals surface area contributed by atoms with E-state index in [2.05, 4.69) is 5.32 Å². The molecule has 2 aromatic carbocycles. The molecule has 2 aromatic rings. The third kappa shape index (κ3) is 4.59. The number of hydrogen-bond donors (Lipinski definition) is 2. The molecule has 3 rings (SSSR count).